The van der Waals surface area contributed by atoms with Crippen LogP contribution in [0.4, 0.5) is 16.2 Å². The molecule has 0 aliphatic rings. The van der Waals surface area contributed by atoms with E-state index >= 15 is 0 Å². The number of carbonyl (C=O) groups is 1. The first-order valence-electron chi connectivity index (χ1n) is 6.69. The number of amides is 2. The minimum absolute atomic E-state index is 0.430. The van der Waals surface area contributed by atoms with Crippen molar-refractivity contribution in [2.45, 2.75) is 13.8 Å². The van der Waals surface area contributed by atoms with E-state index in [1.807, 2.05) is 19.1 Å². The summed E-state index contributed by atoms with van der Waals surface area (Å²) in [5.41, 5.74) is 11.8. The van der Waals surface area contributed by atoms with E-state index < -0.39 is 6.03 Å². The van der Waals surface area contributed by atoms with Gasteiger partial charge in [0.2, 0.25) is 0 Å². The molecular formula is C16H17ClN4O. The lowest BCUT2D eigenvalue weighted by Crippen LogP contribution is -2.25. The predicted molar refractivity (Wildman–Crippen MR) is 91.4 cm³/mol. The first-order valence-corrected chi connectivity index (χ1v) is 7.07. The zero-order valence-electron chi connectivity index (χ0n) is 12.4. The summed E-state index contributed by atoms with van der Waals surface area (Å²) in [5, 5.41) is 7.36. The number of carbonyl (C=O) groups excluding carboxylic acids is 1. The van der Waals surface area contributed by atoms with Crippen molar-refractivity contribution < 1.29 is 4.79 Å². The number of urea groups is 1. The van der Waals surface area contributed by atoms with Crippen LogP contribution >= 0.6 is 11.6 Å². The van der Waals surface area contributed by atoms with Crippen molar-refractivity contribution >= 4 is 34.7 Å². The fourth-order valence-corrected chi connectivity index (χ4v) is 1.99. The number of nitrogen functional groups attached to an aromatic ring is 1. The molecule has 0 fully saturated rings. The molecule has 2 aromatic carbocycles. The smallest absolute Gasteiger partial charge is 0.339 e. The Hall–Kier alpha value is -2.53. The van der Waals surface area contributed by atoms with Gasteiger partial charge in [-0.15, -0.1) is 0 Å². The van der Waals surface area contributed by atoms with E-state index in [9.17, 15) is 4.79 Å². The molecule has 2 rings (SSSR count). The van der Waals surface area contributed by atoms with Gasteiger partial charge < -0.3 is 11.1 Å². The van der Waals surface area contributed by atoms with Gasteiger partial charge in [0.25, 0.3) is 0 Å². The van der Waals surface area contributed by atoms with Crippen LogP contribution in [0.1, 0.15) is 18.1 Å². The number of hydrazone groups is 1. The molecule has 2 aromatic rings. The van der Waals surface area contributed by atoms with Gasteiger partial charge in [0.15, 0.2) is 0 Å². The number of benzene rings is 2. The molecule has 0 unspecified atom stereocenters. The lowest BCUT2D eigenvalue weighted by Gasteiger charge is -2.09. The first-order chi connectivity index (χ1) is 10.5. The maximum absolute atomic E-state index is 11.9. The maximum atomic E-state index is 11.9. The lowest BCUT2D eigenvalue weighted by atomic mass is 10.1. The number of anilines is 2. The fourth-order valence-electron chi connectivity index (χ4n) is 1.82. The highest BCUT2D eigenvalue weighted by Gasteiger charge is 2.06. The zero-order chi connectivity index (χ0) is 16.1. The van der Waals surface area contributed by atoms with Crippen molar-refractivity contribution in [1.29, 1.82) is 0 Å². The Morgan fingerprint density at radius 3 is 2.55 bits per heavy atom. The van der Waals surface area contributed by atoms with Crippen molar-refractivity contribution in [2.75, 3.05) is 11.1 Å². The molecule has 0 spiro atoms. The van der Waals surface area contributed by atoms with Crippen molar-refractivity contribution in [3.63, 3.8) is 0 Å². The molecule has 2 amide bonds. The number of nitrogens with two attached hydrogens (primary N) is 1. The third-order valence-electron chi connectivity index (χ3n) is 3.17. The number of rotatable bonds is 3. The standard InChI is InChI=1S/C16H17ClN4O/c1-10-14(17)4-3-5-15(10)19-16(22)21-20-11(2)12-6-8-13(18)9-7-12/h3-9H,18H2,1-2H3,(H2,19,21,22)/b20-11+. The highest BCUT2D eigenvalue weighted by molar-refractivity contribution is 6.31. The van der Waals surface area contributed by atoms with Crippen LogP contribution in [0.15, 0.2) is 47.6 Å². The summed E-state index contributed by atoms with van der Waals surface area (Å²) in [6.07, 6.45) is 0. The van der Waals surface area contributed by atoms with Crippen LogP contribution in [-0.4, -0.2) is 11.7 Å². The largest absolute Gasteiger partial charge is 0.399 e. The summed E-state index contributed by atoms with van der Waals surface area (Å²) in [4.78, 5) is 11.9. The van der Waals surface area contributed by atoms with Crippen molar-refractivity contribution in [3.8, 4) is 0 Å². The molecule has 4 N–H and O–H groups in total. The van der Waals surface area contributed by atoms with Crippen LogP contribution in [-0.2, 0) is 0 Å². The summed E-state index contributed by atoms with van der Waals surface area (Å²) in [5.74, 6) is 0. The summed E-state index contributed by atoms with van der Waals surface area (Å²) in [6.45, 7) is 3.64. The average Bonchev–Trinajstić information content (AvgIpc) is 2.50. The number of halogens is 1. The summed E-state index contributed by atoms with van der Waals surface area (Å²) in [6, 6.07) is 12.1. The molecule has 0 atom stereocenters. The molecule has 0 aliphatic carbocycles. The number of hydrogen-bond donors (Lipinski definition) is 3. The SMILES string of the molecule is C/C(=N\NC(=O)Nc1cccc(Cl)c1C)c1ccc(N)cc1. The topological polar surface area (TPSA) is 79.5 Å². The molecule has 5 nitrogen and oxygen atoms in total. The van der Waals surface area contributed by atoms with Crippen LogP contribution in [0.25, 0.3) is 0 Å². The van der Waals surface area contributed by atoms with Crippen molar-refractivity contribution in [2.24, 2.45) is 5.10 Å². The summed E-state index contributed by atoms with van der Waals surface area (Å²) in [7, 11) is 0. The average molecular weight is 317 g/mol. The lowest BCUT2D eigenvalue weighted by molar-refractivity contribution is 0.252. The van der Waals surface area contributed by atoms with Gasteiger partial charge in [-0.25, -0.2) is 10.2 Å². The van der Waals surface area contributed by atoms with E-state index in [2.05, 4.69) is 15.8 Å². The summed E-state index contributed by atoms with van der Waals surface area (Å²) < 4.78 is 0. The van der Waals surface area contributed by atoms with Crippen LogP contribution in [0, 0.1) is 6.92 Å². The van der Waals surface area contributed by atoms with E-state index in [-0.39, 0.29) is 0 Å². The van der Waals surface area contributed by atoms with Crippen LogP contribution in [0.5, 0.6) is 0 Å². The Balaban J connectivity index is 2.01. The Morgan fingerprint density at radius 2 is 1.86 bits per heavy atom. The Bertz CT molecular complexity index is 711. The minimum atomic E-state index is -0.430. The second-order valence-corrected chi connectivity index (χ2v) is 5.20. The van der Waals surface area contributed by atoms with Crippen molar-refractivity contribution in [1.82, 2.24) is 5.43 Å². The Kier molecular flexibility index (Phi) is 5.01. The Labute approximate surface area is 134 Å². The van der Waals surface area contributed by atoms with E-state index in [4.69, 9.17) is 17.3 Å². The molecule has 0 heterocycles. The van der Waals surface area contributed by atoms with Crippen LogP contribution in [0.3, 0.4) is 0 Å². The second kappa shape index (κ2) is 6.95. The van der Waals surface area contributed by atoms with Crippen molar-refractivity contribution in [3.05, 3.63) is 58.6 Å². The van der Waals surface area contributed by atoms with Gasteiger partial charge in [-0.3, -0.25) is 0 Å². The van der Waals surface area contributed by atoms with Gasteiger partial charge in [0, 0.05) is 16.4 Å². The van der Waals surface area contributed by atoms with Crippen LogP contribution < -0.4 is 16.5 Å². The monoisotopic (exact) mass is 316 g/mol. The van der Waals surface area contributed by atoms with Gasteiger partial charge >= 0.3 is 6.03 Å². The van der Waals surface area contributed by atoms with E-state index in [0.29, 0.717) is 22.1 Å². The van der Waals surface area contributed by atoms with E-state index in [1.54, 1.807) is 37.3 Å². The third kappa shape index (κ3) is 3.99. The fraction of sp³-hybridized carbons (Fsp3) is 0.125. The molecule has 0 aromatic heterocycles. The molecular weight excluding hydrogens is 300 g/mol. The molecule has 0 bridgehead atoms. The van der Waals surface area contributed by atoms with E-state index in [0.717, 1.165) is 11.1 Å². The molecule has 0 saturated carbocycles. The minimum Gasteiger partial charge on any atom is -0.399 e. The normalized spacial score (nSPS) is 11.1. The number of nitrogens with one attached hydrogen (secondary N) is 2. The Morgan fingerprint density at radius 1 is 1.18 bits per heavy atom. The van der Waals surface area contributed by atoms with Gasteiger partial charge in [-0.1, -0.05) is 29.8 Å². The molecule has 0 saturated heterocycles. The predicted octanol–water partition coefficient (Wildman–Crippen LogP) is 3.78. The van der Waals surface area contributed by atoms with Gasteiger partial charge in [-0.05, 0) is 49.2 Å². The number of hydrogen-bond acceptors (Lipinski definition) is 3. The third-order valence-corrected chi connectivity index (χ3v) is 3.58. The van der Waals surface area contributed by atoms with Gasteiger partial charge in [0.05, 0.1) is 5.71 Å². The first kappa shape index (κ1) is 15.9. The molecule has 6 heteroatoms. The highest BCUT2D eigenvalue weighted by Crippen LogP contribution is 2.22. The van der Waals surface area contributed by atoms with Gasteiger partial charge in [0.1, 0.15) is 0 Å². The second-order valence-electron chi connectivity index (χ2n) is 4.80. The quantitative estimate of drug-likeness (QED) is 0.458. The maximum Gasteiger partial charge on any atom is 0.339 e. The molecule has 0 aliphatic heterocycles. The highest BCUT2D eigenvalue weighted by atomic mass is 35.5. The zero-order valence-corrected chi connectivity index (χ0v) is 13.1. The summed E-state index contributed by atoms with van der Waals surface area (Å²) >= 11 is 6.01. The van der Waals surface area contributed by atoms with E-state index in [1.165, 1.54) is 0 Å². The molecule has 22 heavy (non-hydrogen) atoms. The molecule has 114 valence electrons. The van der Waals surface area contributed by atoms with Gasteiger partial charge in [-0.2, -0.15) is 5.10 Å². The molecule has 0 radical (unpaired) electrons. The van der Waals surface area contributed by atoms with Crippen LogP contribution in [0.2, 0.25) is 5.02 Å². The number of nitrogens with zero attached hydrogens (tertiary/aromatic N) is 1.